The normalized spacial score (nSPS) is 9.56. The second kappa shape index (κ2) is 6.02. The lowest BCUT2D eigenvalue weighted by molar-refractivity contribution is -0.122. The number of phenols is 1. The topological polar surface area (TPSA) is 78.4 Å². The maximum atomic E-state index is 11.3. The van der Waals surface area contributed by atoms with Crippen LogP contribution in [0.15, 0.2) is 24.3 Å². The largest absolute Gasteiger partial charge is 0.506 e. The number of thiol groups is 1. The van der Waals surface area contributed by atoms with Crippen molar-refractivity contribution in [3.05, 3.63) is 24.3 Å². The molecule has 6 heteroatoms. The standard InChI is InChI=1S/C10H12N2O3S/c13-8-4-2-1-3-7(8)12-9(14)5-11-10(15)6-16/h1-4,13,16H,5-6H2,(H,11,15)(H,12,14). The average Bonchev–Trinajstić information content (AvgIpc) is 2.29. The maximum Gasteiger partial charge on any atom is 0.243 e. The number of hydrogen-bond donors (Lipinski definition) is 4. The molecule has 0 atom stereocenters. The van der Waals surface area contributed by atoms with Crippen molar-refractivity contribution in [2.45, 2.75) is 0 Å². The Morgan fingerprint density at radius 1 is 1.25 bits per heavy atom. The smallest absolute Gasteiger partial charge is 0.243 e. The zero-order chi connectivity index (χ0) is 12.0. The molecule has 0 radical (unpaired) electrons. The quantitative estimate of drug-likeness (QED) is 0.454. The number of anilines is 1. The molecular weight excluding hydrogens is 228 g/mol. The van der Waals surface area contributed by atoms with Crippen LogP contribution in [0, 0.1) is 0 Å². The first kappa shape index (κ1) is 12.4. The summed E-state index contributed by atoms with van der Waals surface area (Å²) in [5.74, 6) is -0.715. The third kappa shape index (κ3) is 3.82. The molecule has 1 rings (SSSR count). The van der Waals surface area contributed by atoms with Gasteiger partial charge in [-0.15, -0.1) is 0 Å². The molecular formula is C10H12N2O3S. The number of hydrogen-bond acceptors (Lipinski definition) is 4. The van der Waals surface area contributed by atoms with Crippen LogP contribution in [0.5, 0.6) is 5.75 Å². The fourth-order valence-electron chi connectivity index (χ4n) is 1.01. The van der Waals surface area contributed by atoms with Gasteiger partial charge < -0.3 is 15.7 Å². The van der Waals surface area contributed by atoms with E-state index in [1.165, 1.54) is 6.07 Å². The van der Waals surface area contributed by atoms with E-state index in [4.69, 9.17) is 0 Å². The number of rotatable bonds is 4. The highest BCUT2D eigenvalue weighted by Gasteiger charge is 2.06. The molecule has 3 N–H and O–H groups in total. The van der Waals surface area contributed by atoms with E-state index in [0.717, 1.165) is 0 Å². The first-order valence-corrected chi connectivity index (χ1v) is 5.22. The van der Waals surface area contributed by atoms with Crippen LogP contribution in [-0.2, 0) is 9.59 Å². The van der Waals surface area contributed by atoms with E-state index in [-0.39, 0.29) is 24.0 Å². The highest BCUT2D eigenvalue weighted by Crippen LogP contribution is 2.20. The minimum Gasteiger partial charge on any atom is -0.506 e. The van der Waals surface area contributed by atoms with Crippen LogP contribution in [0.3, 0.4) is 0 Å². The van der Waals surface area contributed by atoms with Gasteiger partial charge in [-0.2, -0.15) is 12.6 Å². The lowest BCUT2D eigenvalue weighted by Gasteiger charge is -2.07. The Morgan fingerprint density at radius 3 is 2.56 bits per heavy atom. The van der Waals surface area contributed by atoms with Crippen molar-refractivity contribution in [1.82, 2.24) is 5.32 Å². The van der Waals surface area contributed by atoms with Crippen molar-refractivity contribution >= 4 is 30.1 Å². The summed E-state index contributed by atoms with van der Waals surface area (Å²) < 4.78 is 0. The molecule has 0 bridgehead atoms. The van der Waals surface area contributed by atoms with Crippen LogP contribution >= 0.6 is 12.6 Å². The second-order valence-electron chi connectivity index (χ2n) is 3.00. The zero-order valence-electron chi connectivity index (χ0n) is 8.43. The molecule has 0 saturated carbocycles. The summed E-state index contributed by atoms with van der Waals surface area (Å²) in [6.45, 7) is -0.145. The number of phenolic OH excluding ortho intramolecular Hbond substituents is 1. The second-order valence-corrected chi connectivity index (χ2v) is 3.32. The van der Waals surface area contributed by atoms with Crippen molar-refractivity contribution in [3.63, 3.8) is 0 Å². The summed E-state index contributed by atoms with van der Waals surface area (Å²) in [6.07, 6.45) is 0. The van der Waals surface area contributed by atoms with Crippen LogP contribution in [-0.4, -0.2) is 29.2 Å². The Labute approximate surface area is 98.3 Å². The van der Waals surface area contributed by atoms with E-state index in [2.05, 4.69) is 23.3 Å². The van der Waals surface area contributed by atoms with E-state index in [1.807, 2.05) is 0 Å². The molecule has 1 aromatic carbocycles. The summed E-state index contributed by atoms with van der Waals surface area (Å²) >= 11 is 3.75. The molecule has 0 aliphatic rings. The Balaban J connectivity index is 2.46. The molecule has 5 nitrogen and oxygen atoms in total. The molecule has 0 aromatic heterocycles. The molecule has 0 aliphatic heterocycles. The highest BCUT2D eigenvalue weighted by molar-refractivity contribution is 7.81. The number of carbonyl (C=O) groups is 2. The van der Waals surface area contributed by atoms with Gasteiger partial charge in [-0.1, -0.05) is 12.1 Å². The van der Waals surface area contributed by atoms with E-state index in [1.54, 1.807) is 18.2 Å². The Bertz CT molecular complexity index is 395. The molecule has 0 aliphatic carbocycles. The number of benzene rings is 1. The lowest BCUT2D eigenvalue weighted by Crippen LogP contribution is -2.33. The number of nitrogens with one attached hydrogen (secondary N) is 2. The first-order chi connectivity index (χ1) is 7.63. The van der Waals surface area contributed by atoms with Gasteiger partial charge in [-0.05, 0) is 12.1 Å². The van der Waals surface area contributed by atoms with Crippen LogP contribution in [0.1, 0.15) is 0 Å². The third-order valence-electron chi connectivity index (χ3n) is 1.77. The Kier molecular flexibility index (Phi) is 4.65. The number of aromatic hydroxyl groups is 1. The Hall–Kier alpha value is -1.69. The molecule has 86 valence electrons. The first-order valence-electron chi connectivity index (χ1n) is 4.59. The van der Waals surface area contributed by atoms with E-state index >= 15 is 0 Å². The van der Waals surface area contributed by atoms with Gasteiger partial charge in [0.25, 0.3) is 0 Å². The monoisotopic (exact) mass is 240 g/mol. The summed E-state index contributed by atoms with van der Waals surface area (Å²) in [6, 6.07) is 6.35. The lowest BCUT2D eigenvalue weighted by atomic mass is 10.3. The highest BCUT2D eigenvalue weighted by atomic mass is 32.1. The van der Waals surface area contributed by atoms with Crippen molar-refractivity contribution in [1.29, 1.82) is 0 Å². The predicted molar refractivity (Wildman–Crippen MR) is 63.6 cm³/mol. The summed E-state index contributed by atoms with van der Waals surface area (Å²) in [5, 5.41) is 14.2. The fourth-order valence-corrected chi connectivity index (χ4v) is 1.12. The molecule has 0 saturated heterocycles. The maximum absolute atomic E-state index is 11.3. The van der Waals surface area contributed by atoms with Crippen molar-refractivity contribution in [2.75, 3.05) is 17.6 Å². The van der Waals surface area contributed by atoms with Gasteiger partial charge in [0, 0.05) is 0 Å². The van der Waals surface area contributed by atoms with Gasteiger partial charge in [0.15, 0.2) is 0 Å². The SMILES string of the molecule is O=C(CS)NCC(=O)Nc1ccccc1O. The van der Waals surface area contributed by atoms with Gasteiger partial charge in [0.05, 0.1) is 18.0 Å². The molecule has 0 fully saturated rings. The van der Waals surface area contributed by atoms with Crippen LogP contribution in [0.4, 0.5) is 5.69 Å². The van der Waals surface area contributed by atoms with Crippen molar-refractivity contribution in [2.24, 2.45) is 0 Å². The number of para-hydroxylation sites is 2. The summed E-state index contributed by atoms with van der Waals surface area (Å²) in [7, 11) is 0. The van der Waals surface area contributed by atoms with E-state index in [9.17, 15) is 14.7 Å². The third-order valence-corrected chi connectivity index (χ3v) is 2.06. The van der Waals surface area contributed by atoms with Gasteiger partial charge >= 0.3 is 0 Å². The molecule has 0 unspecified atom stereocenters. The minimum atomic E-state index is -0.406. The number of carbonyl (C=O) groups excluding carboxylic acids is 2. The molecule has 0 heterocycles. The Morgan fingerprint density at radius 2 is 1.94 bits per heavy atom. The van der Waals surface area contributed by atoms with Gasteiger partial charge in [0.1, 0.15) is 5.75 Å². The van der Waals surface area contributed by atoms with Crippen LogP contribution in [0.25, 0.3) is 0 Å². The molecule has 2 amide bonds. The zero-order valence-corrected chi connectivity index (χ0v) is 9.33. The summed E-state index contributed by atoms with van der Waals surface area (Å²) in [5.41, 5.74) is 0.313. The predicted octanol–water partition coefficient (Wildman–Crippen LogP) is 0.377. The van der Waals surface area contributed by atoms with Gasteiger partial charge in [-0.3, -0.25) is 9.59 Å². The fraction of sp³-hybridized carbons (Fsp3) is 0.200. The van der Waals surface area contributed by atoms with Crippen LogP contribution < -0.4 is 10.6 Å². The van der Waals surface area contributed by atoms with Gasteiger partial charge in [0.2, 0.25) is 11.8 Å². The minimum absolute atomic E-state index is 0.0172. The van der Waals surface area contributed by atoms with Crippen molar-refractivity contribution < 1.29 is 14.7 Å². The van der Waals surface area contributed by atoms with E-state index < -0.39 is 5.91 Å². The summed E-state index contributed by atoms with van der Waals surface area (Å²) in [4.78, 5) is 22.1. The van der Waals surface area contributed by atoms with Gasteiger partial charge in [-0.25, -0.2) is 0 Å². The van der Waals surface area contributed by atoms with E-state index in [0.29, 0.717) is 5.69 Å². The molecule has 1 aromatic rings. The average molecular weight is 240 g/mol. The molecule has 16 heavy (non-hydrogen) atoms. The van der Waals surface area contributed by atoms with Crippen LogP contribution in [0.2, 0.25) is 0 Å². The number of amides is 2. The van der Waals surface area contributed by atoms with Crippen molar-refractivity contribution in [3.8, 4) is 5.75 Å². The molecule has 0 spiro atoms.